The molecule has 4 heteroatoms. The molecule has 0 aliphatic carbocycles. The van der Waals surface area contributed by atoms with E-state index >= 15 is 0 Å². The van der Waals surface area contributed by atoms with Crippen molar-refractivity contribution in [3.63, 3.8) is 0 Å². The number of rotatable bonds is 7. The molecule has 1 rings (SSSR count). The second kappa shape index (κ2) is 7.19. The molecule has 1 saturated heterocycles. The normalized spacial score (nSPS) is 19.4. The van der Waals surface area contributed by atoms with Crippen LogP contribution in [0, 0.1) is 0 Å². The third kappa shape index (κ3) is 4.59. The molecular formula is C12H18O4. The molecule has 0 radical (unpaired) electrons. The van der Waals surface area contributed by atoms with E-state index in [1.165, 1.54) is 0 Å². The average molecular weight is 226 g/mol. The molecule has 0 aromatic heterocycles. The largest absolute Gasteiger partial charge is 0.460 e. The SMILES string of the molecule is C=CCOCC(=C)C(=O)OCC1CCCO1. The molecule has 1 aliphatic heterocycles. The maximum absolute atomic E-state index is 11.4. The van der Waals surface area contributed by atoms with E-state index in [-0.39, 0.29) is 12.7 Å². The van der Waals surface area contributed by atoms with Gasteiger partial charge in [-0.15, -0.1) is 6.58 Å². The van der Waals surface area contributed by atoms with Crippen LogP contribution in [0.5, 0.6) is 0 Å². The summed E-state index contributed by atoms with van der Waals surface area (Å²) in [6, 6.07) is 0. The van der Waals surface area contributed by atoms with Crippen molar-refractivity contribution in [2.45, 2.75) is 18.9 Å². The molecule has 4 nitrogen and oxygen atoms in total. The Balaban J connectivity index is 2.12. The summed E-state index contributed by atoms with van der Waals surface area (Å²) in [4.78, 5) is 11.4. The maximum Gasteiger partial charge on any atom is 0.335 e. The number of esters is 1. The summed E-state index contributed by atoms with van der Waals surface area (Å²) in [6.45, 7) is 8.74. The van der Waals surface area contributed by atoms with Gasteiger partial charge in [0, 0.05) is 6.61 Å². The van der Waals surface area contributed by atoms with Crippen molar-refractivity contribution in [3.8, 4) is 0 Å². The predicted octanol–water partition coefficient (Wildman–Crippen LogP) is 1.47. The molecule has 1 fully saturated rings. The fourth-order valence-electron chi connectivity index (χ4n) is 1.37. The molecule has 0 amide bonds. The molecule has 1 aliphatic rings. The second-order valence-electron chi connectivity index (χ2n) is 3.64. The molecule has 0 spiro atoms. The number of carbonyl (C=O) groups excluding carboxylic acids is 1. The highest BCUT2D eigenvalue weighted by Gasteiger charge is 2.18. The van der Waals surface area contributed by atoms with Crippen molar-refractivity contribution in [3.05, 3.63) is 24.8 Å². The molecular weight excluding hydrogens is 208 g/mol. The van der Waals surface area contributed by atoms with E-state index in [1.54, 1.807) is 6.08 Å². The lowest BCUT2D eigenvalue weighted by Crippen LogP contribution is -2.20. The number of ether oxygens (including phenoxy) is 3. The summed E-state index contributed by atoms with van der Waals surface area (Å²) in [6.07, 6.45) is 3.65. The summed E-state index contributed by atoms with van der Waals surface area (Å²) in [5.41, 5.74) is 0.319. The molecule has 0 aromatic carbocycles. The Kier molecular flexibility index (Phi) is 5.82. The van der Waals surface area contributed by atoms with E-state index in [0.717, 1.165) is 19.4 Å². The van der Waals surface area contributed by atoms with Crippen LogP contribution in [0.4, 0.5) is 0 Å². The van der Waals surface area contributed by atoms with Crippen LogP contribution in [0.3, 0.4) is 0 Å². The fourth-order valence-corrected chi connectivity index (χ4v) is 1.37. The topological polar surface area (TPSA) is 44.8 Å². The first-order chi connectivity index (χ1) is 7.74. The van der Waals surface area contributed by atoms with Crippen LogP contribution in [0.25, 0.3) is 0 Å². The first-order valence-corrected chi connectivity index (χ1v) is 5.39. The van der Waals surface area contributed by atoms with Gasteiger partial charge in [0.25, 0.3) is 0 Å². The standard InChI is InChI=1S/C12H18O4/c1-3-6-14-8-10(2)12(13)16-9-11-5-4-7-15-11/h3,11H,1-2,4-9H2. The van der Waals surface area contributed by atoms with Gasteiger partial charge in [0.1, 0.15) is 6.61 Å². The Morgan fingerprint density at radius 2 is 2.38 bits per heavy atom. The van der Waals surface area contributed by atoms with Crippen LogP contribution in [-0.2, 0) is 19.0 Å². The minimum Gasteiger partial charge on any atom is -0.460 e. The summed E-state index contributed by atoms with van der Waals surface area (Å²) >= 11 is 0. The summed E-state index contributed by atoms with van der Waals surface area (Å²) in [7, 11) is 0. The van der Waals surface area contributed by atoms with Gasteiger partial charge in [-0.1, -0.05) is 12.7 Å². The highest BCUT2D eigenvalue weighted by Crippen LogP contribution is 2.12. The molecule has 16 heavy (non-hydrogen) atoms. The van der Waals surface area contributed by atoms with Crippen molar-refractivity contribution in [1.29, 1.82) is 0 Å². The van der Waals surface area contributed by atoms with Gasteiger partial charge in [-0.3, -0.25) is 0 Å². The first kappa shape index (κ1) is 12.9. The van der Waals surface area contributed by atoms with Crippen molar-refractivity contribution in [2.75, 3.05) is 26.4 Å². The van der Waals surface area contributed by atoms with Gasteiger partial charge in [0.05, 0.1) is 24.9 Å². The number of hydrogen-bond donors (Lipinski definition) is 0. The van der Waals surface area contributed by atoms with Crippen LogP contribution in [-0.4, -0.2) is 38.5 Å². The lowest BCUT2D eigenvalue weighted by molar-refractivity contribution is -0.142. The second-order valence-corrected chi connectivity index (χ2v) is 3.64. The van der Waals surface area contributed by atoms with E-state index < -0.39 is 5.97 Å². The summed E-state index contributed by atoms with van der Waals surface area (Å²) in [5, 5.41) is 0. The highest BCUT2D eigenvalue weighted by molar-refractivity contribution is 5.87. The van der Waals surface area contributed by atoms with Crippen LogP contribution in [0.2, 0.25) is 0 Å². The number of hydrogen-bond acceptors (Lipinski definition) is 4. The fraction of sp³-hybridized carbons (Fsp3) is 0.583. The van der Waals surface area contributed by atoms with Crippen LogP contribution in [0.15, 0.2) is 24.8 Å². The zero-order valence-electron chi connectivity index (χ0n) is 9.44. The van der Waals surface area contributed by atoms with Gasteiger partial charge in [0.15, 0.2) is 0 Å². The zero-order valence-corrected chi connectivity index (χ0v) is 9.44. The minimum atomic E-state index is -0.417. The lowest BCUT2D eigenvalue weighted by Gasteiger charge is -2.11. The third-order valence-corrected chi connectivity index (χ3v) is 2.22. The lowest BCUT2D eigenvalue weighted by atomic mass is 10.2. The average Bonchev–Trinajstić information content (AvgIpc) is 2.79. The molecule has 0 N–H and O–H groups in total. The molecule has 1 heterocycles. The summed E-state index contributed by atoms with van der Waals surface area (Å²) < 4.78 is 15.5. The minimum absolute atomic E-state index is 0.0471. The van der Waals surface area contributed by atoms with Crippen molar-refractivity contribution in [1.82, 2.24) is 0 Å². The van der Waals surface area contributed by atoms with Crippen molar-refractivity contribution < 1.29 is 19.0 Å². The monoisotopic (exact) mass is 226 g/mol. The van der Waals surface area contributed by atoms with Gasteiger partial charge < -0.3 is 14.2 Å². The van der Waals surface area contributed by atoms with Gasteiger partial charge >= 0.3 is 5.97 Å². The van der Waals surface area contributed by atoms with E-state index in [2.05, 4.69) is 13.2 Å². The van der Waals surface area contributed by atoms with Crippen LogP contribution >= 0.6 is 0 Å². The predicted molar refractivity (Wildman–Crippen MR) is 60.1 cm³/mol. The quantitative estimate of drug-likeness (QED) is 0.285. The van der Waals surface area contributed by atoms with E-state index in [0.29, 0.717) is 18.8 Å². The first-order valence-electron chi connectivity index (χ1n) is 5.39. The smallest absolute Gasteiger partial charge is 0.335 e. The van der Waals surface area contributed by atoms with Gasteiger partial charge in [0.2, 0.25) is 0 Å². The zero-order chi connectivity index (χ0) is 11.8. The van der Waals surface area contributed by atoms with Gasteiger partial charge in [-0.25, -0.2) is 4.79 Å². The van der Waals surface area contributed by atoms with Gasteiger partial charge in [-0.2, -0.15) is 0 Å². The van der Waals surface area contributed by atoms with Crippen molar-refractivity contribution in [2.24, 2.45) is 0 Å². The maximum atomic E-state index is 11.4. The molecule has 0 saturated carbocycles. The Bertz CT molecular complexity index is 254. The van der Waals surface area contributed by atoms with Crippen LogP contribution < -0.4 is 0 Å². The Morgan fingerprint density at radius 3 is 3.00 bits per heavy atom. The van der Waals surface area contributed by atoms with E-state index in [1.807, 2.05) is 0 Å². The molecule has 1 unspecified atom stereocenters. The Labute approximate surface area is 95.9 Å². The van der Waals surface area contributed by atoms with E-state index in [4.69, 9.17) is 14.2 Å². The van der Waals surface area contributed by atoms with Crippen LogP contribution in [0.1, 0.15) is 12.8 Å². The Hall–Kier alpha value is -1.13. The van der Waals surface area contributed by atoms with E-state index in [9.17, 15) is 4.79 Å². The Morgan fingerprint density at radius 1 is 1.56 bits per heavy atom. The number of carbonyl (C=O) groups is 1. The van der Waals surface area contributed by atoms with Crippen molar-refractivity contribution >= 4 is 5.97 Å². The van der Waals surface area contributed by atoms with Gasteiger partial charge in [-0.05, 0) is 12.8 Å². The molecule has 1 atom stereocenters. The third-order valence-electron chi connectivity index (χ3n) is 2.22. The molecule has 90 valence electrons. The highest BCUT2D eigenvalue weighted by atomic mass is 16.6. The molecule has 0 bridgehead atoms. The molecule has 0 aromatic rings. The summed E-state index contributed by atoms with van der Waals surface area (Å²) in [5.74, 6) is -0.417.